The Kier molecular flexibility index (Phi) is 5.66. The van der Waals surface area contributed by atoms with E-state index >= 15 is 0 Å². The molecule has 24 heavy (non-hydrogen) atoms. The summed E-state index contributed by atoms with van der Waals surface area (Å²) >= 11 is 11.0. The van der Waals surface area contributed by atoms with Crippen LogP contribution in [-0.2, 0) is 6.18 Å². The number of rotatable bonds is 2. The van der Waals surface area contributed by atoms with Crippen LogP contribution in [0.5, 0.6) is 0 Å². The van der Waals surface area contributed by atoms with Crippen molar-refractivity contribution in [1.29, 1.82) is 0 Å². The predicted octanol–water partition coefficient (Wildman–Crippen LogP) is 5.80. The molecule has 0 bridgehead atoms. The van der Waals surface area contributed by atoms with Gasteiger partial charge in [-0.15, -0.1) is 0 Å². The zero-order valence-electron chi connectivity index (χ0n) is 11.8. The lowest BCUT2D eigenvalue weighted by Gasteiger charge is -2.26. The molecule has 1 rings (SSSR count). The van der Waals surface area contributed by atoms with Gasteiger partial charge in [-0.3, -0.25) is 0 Å². The molecule has 0 saturated carbocycles. The minimum Gasteiger partial charge on any atom is -0.361 e. The monoisotopic (exact) mass is 402 g/mol. The molecular formula is C12H8Cl2F8N2. The first-order valence-electron chi connectivity index (χ1n) is 5.86. The van der Waals surface area contributed by atoms with Crippen LogP contribution in [0, 0.1) is 0 Å². The molecule has 0 aliphatic rings. The second-order valence-electron chi connectivity index (χ2n) is 4.69. The number of nitrogens with zero attached hydrogens (tertiary/aromatic N) is 2. The molecular weight excluding hydrogens is 395 g/mol. The van der Waals surface area contributed by atoms with Crippen LogP contribution in [0.2, 0.25) is 10.0 Å². The normalized spacial score (nSPS) is 14.1. The molecule has 1 aromatic rings. The summed E-state index contributed by atoms with van der Waals surface area (Å²) in [5.74, 6) is -7.15. The highest BCUT2D eigenvalue weighted by atomic mass is 35.5. The van der Waals surface area contributed by atoms with Gasteiger partial charge in [0.15, 0.2) is 5.84 Å². The predicted molar refractivity (Wildman–Crippen MR) is 73.2 cm³/mol. The zero-order chi connectivity index (χ0) is 19.1. The third-order valence-electron chi connectivity index (χ3n) is 2.62. The Hall–Kier alpha value is -1.29. The molecule has 0 saturated heterocycles. The SMILES string of the molecule is CN(C)C(=Nc1c(Cl)cc(C(F)(F)F)cc1Cl)C(F)(F)C(F)(F)F. The van der Waals surface area contributed by atoms with Crippen molar-refractivity contribution in [1.82, 2.24) is 4.90 Å². The van der Waals surface area contributed by atoms with E-state index in [1.54, 1.807) is 0 Å². The molecule has 0 heterocycles. The van der Waals surface area contributed by atoms with E-state index in [-0.39, 0.29) is 0 Å². The molecule has 0 aliphatic heterocycles. The maximum absolute atomic E-state index is 13.5. The molecule has 2 nitrogen and oxygen atoms in total. The summed E-state index contributed by atoms with van der Waals surface area (Å²) in [6.07, 6.45) is -10.8. The van der Waals surface area contributed by atoms with Crippen LogP contribution in [0.3, 0.4) is 0 Å². The van der Waals surface area contributed by atoms with Crippen LogP contribution in [-0.4, -0.2) is 36.9 Å². The van der Waals surface area contributed by atoms with Gasteiger partial charge < -0.3 is 4.90 Å². The standard InChI is InChI=1S/C12H8Cl2F8N2/c1-24(2)9(10(15,16)12(20,21)22)23-8-6(13)3-5(4-7(8)14)11(17,18)19/h3-4H,1-2H3. The second-order valence-corrected chi connectivity index (χ2v) is 5.50. The summed E-state index contributed by atoms with van der Waals surface area (Å²) in [4.78, 5) is 3.42. The molecule has 0 aliphatic carbocycles. The van der Waals surface area contributed by atoms with Crippen LogP contribution in [0.15, 0.2) is 17.1 Å². The van der Waals surface area contributed by atoms with E-state index < -0.39 is 45.4 Å². The molecule has 0 radical (unpaired) electrons. The first-order valence-corrected chi connectivity index (χ1v) is 6.62. The first-order chi connectivity index (χ1) is 10.6. The van der Waals surface area contributed by atoms with Gasteiger partial charge in [0.2, 0.25) is 0 Å². The van der Waals surface area contributed by atoms with E-state index in [1.165, 1.54) is 0 Å². The van der Waals surface area contributed by atoms with Gasteiger partial charge in [-0.1, -0.05) is 23.2 Å². The highest BCUT2D eigenvalue weighted by molar-refractivity contribution is 6.39. The second kappa shape index (κ2) is 6.55. The van der Waals surface area contributed by atoms with Gasteiger partial charge in [-0.2, -0.15) is 35.1 Å². The molecule has 0 fully saturated rings. The fourth-order valence-electron chi connectivity index (χ4n) is 1.52. The quantitative estimate of drug-likeness (QED) is 0.346. The van der Waals surface area contributed by atoms with Gasteiger partial charge in [0.1, 0.15) is 5.69 Å². The number of alkyl halides is 8. The van der Waals surface area contributed by atoms with Crippen LogP contribution >= 0.6 is 23.2 Å². The summed E-state index contributed by atoms with van der Waals surface area (Å²) in [5.41, 5.74) is -2.13. The fourth-order valence-corrected chi connectivity index (χ4v) is 2.09. The van der Waals surface area contributed by atoms with E-state index in [0.717, 1.165) is 14.1 Å². The van der Waals surface area contributed by atoms with Crippen molar-refractivity contribution >= 4 is 34.7 Å². The Balaban J connectivity index is 3.57. The number of hydrogen-bond acceptors (Lipinski definition) is 1. The third kappa shape index (κ3) is 4.21. The van der Waals surface area contributed by atoms with E-state index in [9.17, 15) is 35.1 Å². The van der Waals surface area contributed by atoms with Crippen LogP contribution in [0.1, 0.15) is 5.56 Å². The summed E-state index contributed by atoms with van der Waals surface area (Å²) in [7, 11) is 1.70. The van der Waals surface area contributed by atoms with E-state index in [2.05, 4.69) is 4.99 Å². The lowest BCUT2D eigenvalue weighted by Crippen LogP contribution is -2.49. The number of benzene rings is 1. The topological polar surface area (TPSA) is 15.6 Å². The molecule has 0 N–H and O–H groups in total. The largest absolute Gasteiger partial charge is 0.461 e. The van der Waals surface area contributed by atoms with E-state index in [1.807, 2.05) is 0 Å². The highest BCUT2D eigenvalue weighted by Gasteiger charge is 2.62. The average Bonchev–Trinajstić information content (AvgIpc) is 2.34. The molecule has 1 aromatic carbocycles. The minimum absolute atomic E-state index is 0.325. The van der Waals surface area contributed by atoms with Crippen molar-refractivity contribution in [3.63, 3.8) is 0 Å². The summed E-state index contributed by atoms with van der Waals surface area (Å²) in [6, 6.07) is 0.649. The van der Waals surface area contributed by atoms with Gasteiger partial charge >= 0.3 is 18.3 Å². The number of hydrogen-bond donors (Lipinski definition) is 0. The van der Waals surface area contributed by atoms with Crippen molar-refractivity contribution in [3.8, 4) is 0 Å². The Labute approximate surface area is 140 Å². The maximum atomic E-state index is 13.5. The summed E-state index contributed by atoms with van der Waals surface area (Å²) in [5, 5.41) is -1.65. The zero-order valence-corrected chi connectivity index (χ0v) is 13.3. The van der Waals surface area contributed by atoms with Crippen LogP contribution < -0.4 is 0 Å². The smallest absolute Gasteiger partial charge is 0.361 e. The molecule has 0 amide bonds. The van der Waals surface area contributed by atoms with Crippen LogP contribution in [0.25, 0.3) is 0 Å². The maximum Gasteiger partial charge on any atom is 0.461 e. The molecule has 0 aromatic heterocycles. The average molecular weight is 403 g/mol. The van der Waals surface area contributed by atoms with Crippen LogP contribution in [0.4, 0.5) is 40.8 Å². The fraction of sp³-hybridized carbons (Fsp3) is 0.417. The number of amidine groups is 1. The van der Waals surface area contributed by atoms with Crippen molar-refractivity contribution in [2.75, 3.05) is 14.1 Å². The molecule has 136 valence electrons. The summed E-state index contributed by atoms with van der Waals surface area (Å²) < 4.78 is 102. The molecule has 0 atom stereocenters. The number of aliphatic imine (C=N–C) groups is 1. The minimum atomic E-state index is -5.97. The van der Waals surface area contributed by atoms with Gasteiger partial charge in [-0.25, -0.2) is 4.99 Å². The molecule has 0 spiro atoms. The van der Waals surface area contributed by atoms with Crippen molar-refractivity contribution < 1.29 is 35.1 Å². The first kappa shape index (κ1) is 20.8. The lowest BCUT2D eigenvalue weighted by atomic mass is 10.2. The molecule has 12 heteroatoms. The van der Waals surface area contributed by atoms with Gasteiger partial charge in [0.05, 0.1) is 15.6 Å². The summed E-state index contributed by atoms with van der Waals surface area (Å²) in [6.45, 7) is 0. The van der Waals surface area contributed by atoms with Gasteiger partial charge in [0, 0.05) is 14.1 Å². The van der Waals surface area contributed by atoms with Gasteiger partial charge in [-0.05, 0) is 12.1 Å². The Bertz CT molecular complexity index is 626. The van der Waals surface area contributed by atoms with Gasteiger partial charge in [0.25, 0.3) is 0 Å². The van der Waals surface area contributed by atoms with Crippen molar-refractivity contribution in [2.24, 2.45) is 4.99 Å². The lowest BCUT2D eigenvalue weighted by molar-refractivity contribution is -0.251. The third-order valence-corrected chi connectivity index (χ3v) is 3.20. The Morgan fingerprint density at radius 1 is 0.917 bits per heavy atom. The van der Waals surface area contributed by atoms with E-state index in [0.29, 0.717) is 17.0 Å². The molecule has 0 unspecified atom stereocenters. The van der Waals surface area contributed by atoms with Crippen molar-refractivity contribution in [2.45, 2.75) is 18.3 Å². The number of halogens is 10. The Morgan fingerprint density at radius 3 is 1.62 bits per heavy atom. The Morgan fingerprint density at radius 2 is 1.33 bits per heavy atom. The highest BCUT2D eigenvalue weighted by Crippen LogP contribution is 2.42. The van der Waals surface area contributed by atoms with E-state index in [4.69, 9.17) is 23.2 Å². The van der Waals surface area contributed by atoms with Crippen molar-refractivity contribution in [3.05, 3.63) is 27.7 Å².